The maximum atomic E-state index is 13.4. The quantitative estimate of drug-likeness (QED) is 0.833. The summed E-state index contributed by atoms with van der Waals surface area (Å²) in [7, 11) is 1.92. The molecule has 1 heterocycles. The number of hydrogen-bond donors (Lipinski definition) is 2. The van der Waals surface area contributed by atoms with Crippen LogP contribution in [0.5, 0.6) is 0 Å². The number of aryl methyl sites for hydroxylation is 1. The lowest BCUT2D eigenvalue weighted by Crippen LogP contribution is -3.09. The number of likely N-dealkylation sites (N-methyl/N-ethyl adjacent to an activating group) is 1. The molecule has 1 atom stereocenters. The van der Waals surface area contributed by atoms with Gasteiger partial charge in [0.25, 0.3) is 5.91 Å². The predicted molar refractivity (Wildman–Crippen MR) is 90.9 cm³/mol. The Balaban J connectivity index is 2.08. The van der Waals surface area contributed by atoms with Crippen LogP contribution in [0.15, 0.2) is 18.2 Å². The van der Waals surface area contributed by atoms with Gasteiger partial charge in [0.1, 0.15) is 11.6 Å². The van der Waals surface area contributed by atoms with Crippen LogP contribution in [0.25, 0.3) is 11.3 Å². The maximum Gasteiger partial charge on any atom is 0.275 e. The number of hydrogen-bond acceptors (Lipinski definition) is 3. The van der Waals surface area contributed by atoms with Gasteiger partial charge in [-0.1, -0.05) is 0 Å². The number of amides is 1. The van der Waals surface area contributed by atoms with E-state index in [1.807, 2.05) is 27.8 Å². The van der Waals surface area contributed by atoms with E-state index in [-0.39, 0.29) is 11.9 Å². The smallest absolute Gasteiger partial charge is 0.275 e. The molecule has 0 bridgehead atoms. The zero-order chi connectivity index (χ0) is 17.9. The second-order valence-electron chi connectivity index (χ2n) is 6.17. The van der Waals surface area contributed by atoms with Crippen molar-refractivity contribution in [3.63, 3.8) is 0 Å². The highest BCUT2D eigenvalue weighted by atomic mass is 32.1. The first-order valence-electron chi connectivity index (χ1n) is 7.78. The molecule has 7 heteroatoms. The van der Waals surface area contributed by atoms with Gasteiger partial charge < -0.3 is 10.2 Å². The Hall–Kier alpha value is -1.86. The molecule has 0 spiro atoms. The molecule has 0 saturated carbocycles. The van der Waals surface area contributed by atoms with Crippen molar-refractivity contribution in [1.82, 2.24) is 10.3 Å². The molecule has 130 valence electrons. The molecule has 0 aliphatic heterocycles. The number of thiazole rings is 1. The summed E-state index contributed by atoms with van der Waals surface area (Å²) in [5.41, 5.74) is 1.22. The third-order valence-electron chi connectivity index (χ3n) is 3.40. The average molecular weight is 354 g/mol. The Morgan fingerprint density at radius 3 is 2.67 bits per heavy atom. The predicted octanol–water partition coefficient (Wildman–Crippen LogP) is 1.94. The van der Waals surface area contributed by atoms with Crippen LogP contribution in [0, 0.1) is 18.6 Å². The number of aromatic nitrogens is 1. The molecule has 0 aliphatic rings. The largest absolute Gasteiger partial charge is 0.349 e. The highest BCUT2D eigenvalue weighted by Crippen LogP contribution is 2.28. The Bertz CT molecular complexity index is 731. The summed E-state index contributed by atoms with van der Waals surface area (Å²) in [6, 6.07) is 3.91. The van der Waals surface area contributed by atoms with E-state index in [9.17, 15) is 13.6 Å². The van der Waals surface area contributed by atoms with Crippen molar-refractivity contribution < 1.29 is 18.5 Å². The topological polar surface area (TPSA) is 46.4 Å². The molecular formula is C17H22F2N3OS+. The third kappa shape index (κ3) is 4.82. The molecule has 0 radical (unpaired) electrons. The number of rotatable bonds is 6. The third-order valence-corrected chi connectivity index (χ3v) is 4.37. The number of carbonyl (C=O) groups excluding carboxylic acids is 1. The summed E-state index contributed by atoms with van der Waals surface area (Å²) in [6.07, 6.45) is 0. The molecule has 0 saturated heterocycles. The van der Waals surface area contributed by atoms with Gasteiger partial charge >= 0.3 is 0 Å². The summed E-state index contributed by atoms with van der Waals surface area (Å²) in [4.78, 5) is 18.3. The van der Waals surface area contributed by atoms with Crippen molar-refractivity contribution in [2.75, 3.05) is 13.6 Å². The Morgan fingerprint density at radius 1 is 1.33 bits per heavy atom. The second kappa shape index (κ2) is 7.81. The molecule has 2 aromatic rings. The van der Waals surface area contributed by atoms with Crippen molar-refractivity contribution in [3.05, 3.63) is 39.7 Å². The van der Waals surface area contributed by atoms with Crippen LogP contribution < -0.4 is 10.2 Å². The van der Waals surface area contributed by atoms with Gasteiger partial charge in [-0.25, -0.2) is 13.8 Å². The number of carbonyl (C=O) groups is 1. The molecule has 1 unspecified atom stereocenters. The number of quaternary nitrogens is 1. The molecule has 2 N–H and O–H groups in total. The summed E-state index contributed by atoms with van der Waals surface area (Å²) in [6.45, 7) is 6.70. The number of halogens is 2. The van der Waals surface area contributed by atoms with E-state index in [0.717, 1.165) is 26.9 Å². The van der Waals surface area contributed by atoms with Crippen LogP contribution in [0.1, 0.15) is 23.7 Å². The minimum Gasteiger partial charge on any atom is -0.349 e. The van der Waals surface area contributed by atoms with Crippen LogP contribution in [0.4, 0.5) is 8.78 Å². The van der Waals surface area contributed by atoms with Crippen LogP contribution in [0.3, 0.4) is 0 Å². The van der Waals surface area contributed by atoms with Crippen LogP contribution in [0.2, 0.25) is 0 Å². The van der Waals surface area contributed by atoms with Gasteiger partial charge in [-0.15, -0.1) is 11.3 Å². The summed E-state index contributed by atoms with van der Waals surface area (Å²) >= 11 is 1.51. The summed E-state index contributed by atoms with van der Waals surface area (Å²) in [5, 5.41) is 3.72. The van der Waals surface area contributed by atoms with E-state index in [1.165, 1.54) is 17.4 Å². The first kappa shape index (κ1) is 18.5. The van der Waals surface area contributed by atoms with Gasteiger partial charge in [-0.3, -0.25) is 4.79 Å². The molecule has 1 amide bonds. The lowest BCUT2D eigenvalue weighted by Gasteiger charge is -2.13. The molecule has 1 aromatic carbocycles. The van der Waals surface area contributed by atoms with E-state index < -0.39 is 11.6 Å². The van der Waals surface area contributed by atoms with Crippen molar-refractivity contribution in [2.24, 2.45) is 0 Å². The molecule has 0 fully saturated rings. The number of benzene rings is 1. The molecular weight excluding hydrogens is 332 g/mol. The van der Waals surface area contributed by atoms with Gasteiger partial charge in [0.05, 0.1) is 12.7 Å². The van der Waals surface area contributed by atoms with Gasteiger partial charge in [0, 0.05) is 16.5 Å². The zero-order valence-electron chi connectivity index (χ0n) is 14.2. The van der Waals surface area contributed by atoms with Crippen molar-refractivity contribution >= 4 is 17.2 Å². The normalized spacial score (nSPS) is 12.5. The molecule has 4 nitrogen and oxygen atoms in total. The number of nitrogens with zero attached hydrogens (tertiary/aromatic N) is 1. The van der Waals surface area contributed by atoms with Crippen molar-refractivity contribution in [2.45, 2.75) is 33.4 Å². The SMILES string of the molecule is Cc1sc(C[NH+](C)CC(=O)NC(C)C)nc1-c1ccc(F)c(F)c1. The molecule has 1 aromatic heterocycles. The fraction of sp³-hybridized carbons (Fsp3) is 0.412. The lowest BCUT2D eigenvalue weighted by molar-refractivity contribution is -0.885. The van der Waals surface area contributed by atoms with E-state index in [0.29, 0.717) is 24.3 Å². The molecule has 0 aliphatic carbocycles. The lowest BCUT2D eigenvalue weighted by atomic mass is 10.1. The highest BCUT2D eigenvalue weighted by Gasteiger charge is 2.16. The van der Waals surface area contributed by atoms with Gasteiger partial charge in [0.15, 0.2) is 18.2 Å². The minimum absolute atomic E-state index is 0.00314. The first-order chi connectivity index (χ1) is 11.3. The van der Waals surface area contributed by atoms with Crippen molar-refractivity contribution in [3.8, 4) is 11.3 Å². The van der Waals surface area contributed by atoms with Crippen LogP contribution in [-0.4, -0.2) is 30.5 Å². The van der Waals surface area contributed by atoms with E-state index in [4.69, 9.17) is 0 Å². The standard InChI is InChI=1S/C17H21F2N3OS/c1-10(2)20-15(23)8-22(4)9-16-21-17(11(3)24-16)12-5-6-13(18)14(19)7-12/h5-7,10H,8-9H2,1-4H3,(H,20,23)/p+1. The fourth-order valence-electron chi connectivity index (χ4n) is 2.41. The van der Waals surface area contributed by atoms with Gasteiger partial charge in [-0.2, -0.15) is 0 Å². The van der Waals surface area contributed by atoms with Gasteiger partial charge in [-0.05, 0) is 39.0 Å². The van der Waals surface area contributed by atoms with E-state index in [1.54, 1.807) is 0 Å². The Labute approximate surface area is 144 Å². The fourth-order valence-corrected chi connectivity index (χ4v) is 3.48. The molecule has 2 rings (SSSR count). The van der Waals surface area contributed by atoms with E-state index in [2.05, 4.69) is 10.3 Å². The van der Waals surface area contributed by atoms with Gasteiger partial charge in [0.2, 0.25) is 0 Å². The zero-order valence-corrected chi connectivity index (χ0v) is 15.1. The minimum atomic E-state index is -0.880. The monoisotopic (exact) mass is 354 g/mol. The van der Waals surface area contributed by atoms with E-state index >= 15 is 0 Å². The highest BCUT2D eigenvalue weighted by molar-refractivity contribution is 7.12. The summed E-state index contributed by atoms with van der Waals surface area (Å²) in [5.74, 6) is -1.75. The van der Waals surface area contributed by atoms with Crippen LogP contribution >= 0.6 is 11.3 Å². The average Bonchev–Trinajstić information content (AvgIpc) is 2.81. The van der Waals surface area contributed by atoms with Crippen LogP contribution in [-0.2, 0) is 11.3 Å². The maximum absolute atomic E-state index is 13.4. The van der Waals surface area contributed by atoms with Crippen molar-refractivity contribution in [1.29, 1.82) is 0 Å². The Kier molecular flexibility index (Phi) is 6.01. The summed E-state index contributed by atoms with van der Waals surface area (Å²) < 4.78 is 26.5. The molecule has 24 heavy (non-hydrogen) atoms. The first-order valence-corrected chi connectivity index (χ1v) is 8.60. The Morgan fingerprint density at radius 2 is 2.04 bits per heavy atom. The second-order valence-corrected chi connectivity index (χ2v) is 7.46. The number of nitrogens with one attached hydrogen (secondary N) is 2.